The average Bonchev–Trinajstić information content (AvgIpc) is 2.85. The summed E-state index contributed by atoms with van der Waals surface area (Å²) in [6.45, 7) is -0.940. The van der Waals surface area contributed by atoms with Crippen molar-refractivity contribution in [3.8, 4) is 5.69 Å². The Morgan fingerprint density at radius 1 is 1.42 bits per heavy atom. The molecule has 100 valence electrons. The molecule has 0 fully saturated rings. The van der Waals surface area contributed by atoms with Crippen molar-refractivity contribution < 1.29 is 18.3 Å². The maximum absolute atomic E-state index is 11.9. The molecule has 0 amide bonds. The number of nitrogens with two attached hydrogens (primary N) is 1. The summed E-state index contributed by atoms with van der Waals surface area (Å²) in [5.41, 5.74) is 6.80. The van der Waals surface area contributed by atoms with E-state index in [2.05, 4.69) is 9.84 Å². The molecule has 1 aromatic carbocycles. The van der Waals surface area contributed by atoms with Crippen molar-refractivity contribution in [2.75, 3.05) is 12.3 Å². The Hall–Kier alpha value is -2.44. The highest BCUT2D eigenvalue weighted by Gasteiger charge is 2.14. The molecule has 19 heavy (non-hydrogen) atoms. The Labute approximate surface area is 107 Å². The van der Waals surface area contributed by atoms with Crippen molar-refractivity contribution in [2.45, 2.75) is 6.43 Å². The Balaban J connectivity index is 2.13. The lowest BCUT2D eigenvalue weighted by atomic mass is 10.3. The van der Waals surface area contributed by atoms with E-state index in [9.17, 15) is 13.6 Å². The number of carbonyl (C=O) groups is 1. The molecule has 0 aliphatic rings. The summed E-state index contributed by atoms with van der Waals surface area (Å²) in [6.07, 6.45) is -1.17. The summed E-state index contributed by atoms with van der Waals surface area (Å²) in [4.78, 5) is 11.4. The minimum Gasteiger partial charge on any atom is -0.455 e. The molecule has 0 spiro atoms. The predicted octanol–water partition coefficient (Wildman–Crippen LogP) is 1.88. The quantitative estimate of drug-likeness (QED) is 0.678. The van der Waals surface area contributed by atoms with Crippen LogP contribution in [-0.2, 0) is 4.74 Å². The van der Waals surface area contributed by atoms with Gasteiger partial charge in [0, 0.05) is 11.9 Å². The molecule has 0 aliphatic carbocycles. The van der Waals surface area contributed by atoms with Crippen molar-refractivity contribution in [1.82, 2.24) is 9.78 Å². The normalized spacial score (nSPS) is 10.7. The van der Waals surface area contributed by atoms with E-state index in [1.54, 1.807) is 24.3 Å². The Morgan fingerprint density at radius 2 is 2.21 bits per heavy atom. The Kier molecular flexibility index (Phi) is 3.74. The molecule has 2 rings (SSSR count). The molecule has 0 saturated carbocycles. The molecule has 7 heteroatoms. The average molecular weight is 267 g/mol. The van der Waals surface area contributed by atoms with Gasteiger partial charge in [-0.3, -0.25) is 0 Å². The van der Waals surface area contributed by atoms with Crippen LogP contribution in [0.25, 0.3) is 5.69 Å². The van der Waals surface area contributed by atoms with Crippen molar-refractivity contribution in [3.05, 3.63) is 42.2 Å². The van der Waals surface area contributed by atoms with Gasteiger partial charge < -0.3 is 10.5 Å². The van der Waals surface area contributed by atoms with Crippen molar-refractivity contribution in [2.24, 2.45) is 0 Å². The number of alkyl halides is 2. The second kappa shape index (κ2) is 5.47. The monoisotopic (exact) mass is 267 g/mol. The van der Waals surface area contributed by atoms with Crippen LogP contribution in [0.1, 0.15) is 10.5 Å². The van der Waals surface area contributed by atoms with Crippen LogP contribution in [0, 0.1) is 0 Å². The number of ether oxygens (including phenoxy) is 1. The Morgan fingerprint density at radius 3 is 2.89 bits per heavy atom. The van der Waals surface area contributed by atoms with E-state index in [-0.39, 0.29) is 5.69 Å². The molecule has 0 bridgehead atoms. The SMILES string of the molecule is Nc1cccc(-n2ccc(C(=O)OCC(F)F)n2)c1. The highest BCUT2D eigenvalue weighted by Crippen LogP contribution is 2.12. The largest absolute Gasteiger partial charge is 0.455 e. The van der Waals surface area contributed by atoms with Gasteiger partial charge >= 0.3 is 5.97 Å². The zero-order chi connectivity index (χ0) is 13.8. The summed E-state index contributed by atoms with van der Waals surface area (Å²) in [5, 5.41) is 3.94. The van der Waals surface area contributed by atoms with Gasteiger partial charge in [0.1, 0.15) is 0 Å². The number of benzene rings is 1. The molecule has 0 saturated heterocycles. The number of nitrogen functional groups attached to an aromatic ring is 1. The number of nitrogens with zero attached hydrogens (tertiary/aromatic N) is 2. The Bertz CT molecular complexity index is 584. The zero-order valence-corrected chi connectivity index (χ0v) is 9.79. The summed E-state index contributed by atoms with van der Waals surface area (Å²) in [5.74, 6) is -0.886. The van der Waals surface area contributed by atoms with E-state index in [0.717, 1.165) is 0 Å². The number of hydrogen-bond donors (Lipinski definition) is 1. The molecule has 0 radical (unpaired) electrons. The summed E-state index contributed by atoms with van der Waals surface area (Å²) in [6, 6.07) is 8.25. The van der Waals surface area contributed by atoms with Gasteiger partial charge in [0.05, 0.1) is 5.69 Å². The van der Waals surface area contributed by atoms with Gasteiger partial charge in [-0.25, -0.2) is 18.3 Å². The van der Waals surface area contributed by atoms with Crippen molar-refractivity contribution >= 4 is 11.7 Å². The minimum absolute atomic E-state index is 0.0388. The van der Waals surface area contributed by atoms with Crippen LogP contribution in [0.2, 0.25) is 0 Å². The lowest BCUT2D eigenvalue weighted by Crippen LogP contribution is -2.12. The molecule has 1 heterocycles. The first-order valence-electron chi connectivity index (χ1n) is 5.43. The molecule has 1 aromatic heterocycles. The number of rotatable bonds is 4. The highest BCUT2D eigenvalue weighted by molar-refractivity contribution is 5.87. The molecule has 0 unspecified atom stereocenters. The lowest BCUT2D eigenvalue weighted by molar-refractivity contribution is 0.0154. The molecule has 0 atom stereocenters. The van der Waals surface area contributed by atoms with E-state index in [1.165, 1.54) is 16.9 Å². The molecule has 0 aliphatic heterocycles. The molecular formula is C12H11F2N3O2. The fourth-order valence-electron chi connectivity index (χ4n) is 1.46. The number of anilines is 1. The molecular weight excluding hydrogens is 256 g/mol. The maximum Gasteiger partial charge on any atom is 0.359 e. The predicted molar refractivity (Wildman–Crippen MR) is 64.3 cm³/mol. The van der Waals surface area contributed by atoms with Crippen LogP contribution in [0.5, 0.6) is 0 Å². The summed E-state index contributed by atoms with van der Waals surface area (Å²) >= 11 is 0. The third-order valence-corrected chi connectivity index (χ3v) is 2.27. The van der Waals surface area contributed by atoms with E-state index in [1.807, 2.05) is 0 Å². The number of carbonyl (C=O) groups excluding carboxylic acids is 1. The first kappa shape index (κ1) is 13.0. The van der Waals surface area contributed by atoms with E-state index in [4.69, 9.17) is 5.73 Å². The third kappa shape index (κ3) is 3.27. The van der Waals surface area contributed by atoms with Gasteiger partial charge in [-0.15, -0.1) is 0 Å². The third-order valence-electron chi connectivity index (χ3n) is 2.27. The maximum atomic E-state index is 11.9. The van der Waals surface area contributed by atoms with Crippen molar-refractivity contribution in [1.29, 1.82) is 0 Å². The molecule has 5 nitrogen and oxygen atoms in total. The second-order valence-corrected chi connectivity index (χ2v) is 3.73. The lowest BCUT2D eigenvalue weighted by Gasteiger charge is -2.02. The van der Waals surface area contributed by atoms with Gasteiger partial charge in [-0.05, 0) is 24.3 Å². The van der Waals surface area contributed by atoms with Gasteiger partial charge in [0.2, 0.25) is 0 Å². The molecule has 2 aromatic rings. The second-order valence-electron chi connectivity index (χ2n) is 3.73. The number of aromatic nitrogens is 2. The summed E-state index contributed by atoms with van der Waals surface area (Å²) < 4.78 is 29.6. The minimum atomic E-state index is -2.69. The molecule has 2 N–H and O–H groups in total. The fraction of sp³-hybridized carbons (Fsp3) is 0.167. The van der Waals surface area contributed by atoms with Gasteiger partial charge in [0.25, 0.3) is 6.43 Å². The number of halogens is 2. The van der Waals surface area contributed by atoms with Gasteiger partial charge in [0.15, 0.2) is 12.3 Å². The smallest absolute Gasteiger partial charge is 0.359 e. The van der Waals surface area contributed by atoms with E-state index in [0.29, 0.717) is 11.4 Å². The highest BCUT2D eigenvalue weighted by atomic mass is 19.3. The van der Waals surface area contributed by atoms with Crippen LogP contribution in [0.15, 0.2) is 36.5 Å². The van der Waals surface area contributed by atoms with Gasteiger partial charge in [-0.1, -0.05) is 6.07 Å². The fourth-order valence-corrected chi connectivity index (χ4v) is 1.46. The van der Waals surface area contributed by atoms with Crippen LogP contribution in [-0.4, -0.2) is 28.8 Å². The van der Waals surface area contributed by atoms with E-state index < -0.39 is 19.0 Å². The number of hydrogen-bond acceptors (Lipinski definition) is 4. The van der Waals surface area contributed by atoms with E-state index >= 15 is 0 Å². The van der Waals surface area contributed by atoms with Crippen LogP contribution in [0.4, 0.5) is 14.5 Å². The first-order chi connectivity index (χ1) is 9.06. The van der Waals surface area contributed by atoms with Crippen molar-refractivity contribution in [3.63, 3.8) is 0 Å². The van der Waals surface area contributed by atoms with Crippen LogP contribution >= 0.6 is 0 Å². The first-order valence-corrected chi connectivity index (χ1v) is 5.43. The van der Waals surface area contributed by atoms with Crippen LogP contribution in [0.3, 0.4) is 0 Å². The number of esters is 1. The van der Waals surface area contributed by atoms with Crippen LogP contribution < -0.4 is 5.73 Å². The topological polar surface area (TPSA) is 70.1 Å². The van der Waals surface area contributed by atoms with Gasteiger partial charge in [-0.2, -0.15) is 5.10 Å². The summed E-state index contributed by atoms with van der Waals surface area (Å²) in [7, 11) is 0. The zero-order valence-electron chi connectivity index (χ0n) is 9.79. The standard InChI is InChI=1S/C12H11F2N3O2/c13-11(14)7-19-12(18)10-4-5-17(16-10)9-3-1-2-8(15)6-9/h1-6,11H,7,15H2.